The number of amides is 2. The third-order valence-corrected chi connectivity index (χ3v) is 4.66. The highest BCUT2D eigenvalue weighted by atomic mass is 32.2. The number of imide groups is 1. The molecule has 2 heterocycles. The van der Waals surface area contributed by atoms with Crippen molar-refractivity contribution in [2.24, 2.45) is 0 Å². The molecule has 1 saturated heterocycles. The van der Waals surface area contributed by atoms with Gasteiger partial charge in [-0.1, -0.05) is 12.1 Å². The Morgan fingerprint density at radius 2 is 2.00 bits per heavy atom. The predicted octanol–water partition coefficient (Wildman–Crippen LogP) is 2.83. The first-order valence-corrected chi connectivity index (χ1v) is 9.03. The number of aromatic nitrogens is 1. The smallest absolute Gasteiger partial charge is 0.290 e. The van der Waals surface area contributed by atoms with E-state index in [4.69, 9.17) is 4.74 Å². The van der Waals surface area contributed by atoms with Gasteiger partial charge in [0.1, 0.15) is 24.4 Å². The summed E-state index contributed by atoms with van der Waals surface area (Å²) in [5.74, 6) is 0.878. The number of carbonyl (C=O) groups excluding carboxylic acids is 2. The van der Waals surface area contributed by atoms with Crippen LogP contribution < -0.4 is 15.0 Å². The van der Waals surface area contributed by atoms with E-state index in [1.807, 2.05) is 11.9 Å². The van der Waals surface area contributed by atoms with Gasteiger partial charge < -0.3 is 9.64 Å². The van der Waals surface area contributed by atoms with Gasteiger partial charge in [-0.2, -0.15) is 0 Å². The Kier molecular flexibility index (Phi) is 5.90. The molecule has 3 rings (SSSR count). The fraction of sp³-hybridized carbons (Fsp3) is 0.167. The maximum atomic E-state index is 11.5. The molecule has 0 atom stereocenters. The Morgan fingerprint density at radius 1 is 1.25 bits per heavy atom. The Labute approximate surface area is 164 Å². The van der Waals surface area contributed by atoms with Gasteiger partial charge in [0.25, 0.3) is 16.8 Å². The summed E-state index contributed by atoms with van der Waals surface area (Å²) in [5.41, 5.74) is 0.730. The highest BCUT2D eigenvalue weighted by molar-refractivity contribution is 8.18. The highest BCUT2D eigenvalue weighted by Gasteiger charge is 2.24. The van der Waals surface area contributed by atoms with Crippen molar-refractivity contribution in [3.8, 4) is 5.75 Å². The first kappa shape index (κ1) is 19.4. The van der Waals surface area contributed by atoms with Crippen molar-refractivity contribution in [1.29, 1.82) is 0 Å². The molecule has 0 unspecified atom stereocenters. The molecule has 1 aromatic heterocycles. The van der Waals surface area contributed by atoms with Gasteiger partial charge in [0.15, 0.2) is 0 Å². The molecule has 2 amide bonds. The second-order valence-corrected chi connectivity index (χ2v) is 6.84. The Morgan fingerprint density at radius 3 is 2.57 bits per heavy atom. The lowest BCUT2D eigenvalue weighted by molar-refractivity contribution is -0.385. The zero-order valence-corrected chi connectivity index (χ0v) is 15.6. The van der Waals surface area contributed by atoms with Crippen molar-refractivity contribution in [2.45, 2.75) is 0 Å². The highest BCUT2D eigenvalue weighted by Crippen LogP contribution is 2.26. The topological polar surface area (TPSA) is 115 Å². The third kappa shape index (κ3) is 4.86. The zero-order chi connectivity index (χ0) is 20.1. The van der Waals surface area contributed by atoms with Gasteiger partial charge in [0, 0.05) is 13.1 Å². The minimum atomic E-state index is -0.491. The molecule has 144 valence electrons. The maximum absolute atomic E-state index is 11.5. The third-order valence-electron chi connectivity index (χ3n) is 3.85. The largest absolute Gasteiger partial charge is 0.492 e. The monoisotopic (exact) mass is 400 g/mol. The van der Waals surface area contributed by atoms with E-state index in [9.17, 15) is 19.7 Å². The number of anilines is 1. The number of pyridine rings is 1. The van der Waals surface area contributed by atoms with Crippen LogP contribution in [0.25, 0.3) is 6.08 Å². The number of thioether (sulfide) groups is 1. The summed E-state index contributed by atoms with van der Waals surface area (Å²) in [4.78, 5) is 39.1. The van der Waals surface area contributed by atoms with E-state index < -0.39 is 10.8 Å². The number of benzene rings is 1. The molecule has 0 bridgehead atoms. The molecule has 1 N–H and O–H groups in total. The quantitative estimate of drug-likeness (QED) is 0.429. The van der Waals surface area contributed by atoms with Crippen molar-refractivity contribution in [2.75, 3.05) is 25.1 Å². The number of hydrogen-bond donors (Lipinski definition) is 1. The summed E-state index contributed by atoms with van der Waals surface area (Å²) in [6, 6.07) is 10.1. The number of rotatable bonds is 7. The summed E-state index contributed by atoms with van der Waals surface area (Å²) in [6.07, 6.45) is 2.86. The van der Waals surface area contributed by atoms with Gasteiger partial charge in [-0.3, -0.25) is 25.0 Å². The van der Waals surface area contributed by atoms with Crippen LogP contribution in [0, 0.1) is 10.1 Å². The number of likely N-dealkylation sites (N-methyl/N-ethyl adjacent to an activating group) is 1. The summed E-state index contributed by atoms with van der Waals surface area (Å²) >= 11 is 0.872. The average molecular weight is 400 g/mol. The number of carbonyl (C=O) groups is 2. The van der Waals surface area contributed by atoms with E-state index >= 15 is 0 Å². The van der Waals surface area contributed by atoms with Crippen LogP contribution in [0.4, 0.5) is 16.3 Å². The lowest BCUT2D eigenvalue weighted by Crippen LogP contribution is -2.24. The van der Waals surface area contributed by atoms with Gasteiger partial charge in [-0.05, 0) is 41.6 Å². The van der Waals surface area contributed by atoms with Gasteiger partial charge >= 0.3 is 0 Å². The molecule has 1 fully saturated rings. The molecule has 1 aromatic carbocycles. The van der Waals surface area contributed by atoms with E-state index in [1.165, 1.54) is 12.3 Å². The van der Waals surface area contributed by atoms with Gasteiger partial charge in [0.2, 0.25) is 0 Å². The van der Waals surface area contributed by atoms with Gasteiger partial charge in [-0.15, -0.1) is 0 Å². The maximum Gasteiger partial charge on any atom is 0.290 e. The number of nitro groups is 1. The number of ether oxygens (including phenoxy) is 1. The zero-order valence-electron chi connectivity index (χ0n) is 14.8. The van der Waals surface area contributed by atoms with Crippen LogP contribution in [-0.2, 0) is 4.79 Å². The summed E-state index contributed by atoms with van der Waals surface area (Å²) in [5, 5.41) is 12.5. The van der Waals surface area contributed by atoms with Crippen LogP contribution in [0.3, 0.4) is 0 Å². The Balaban J connectivity index is 1.51. The average Bonchev–Trinajstić information content (AvgIpc) is 3.00. The molecule has 28 heavy (non-hydrogen) atoms. The first-order chi connectivity index (χ1) is 13.4. The molecule has 9 nitrogen and oxygen atoms in total. The summed E-state index contributed by atoms with van der Waals surface area (Å²) in [6.45, 7) is 0.928. The fourth-order valence-corrected chi connectivity index (χ4v) is 3.04. The minimum Gasteiger partial charge on any atom is -0.492 e. The SMILES string of the molecule is CN(CCOc1ccc(C=C2SC(=O)NC2=O)cc1)c1ccc([N+](=O)[O-])cn1. The van der Waals surface area contributed by atoms with Crippen LogP contribution in [-0.4, -0.2) is 41.3 Å². The van der Waals surface area contributed by atoms with E-state index in [0.717, 1.165) is 17.3 Å². The van der Waals surface area contributed by atoms with E-state index in [-0.39, 0.29) is 10.9 Å². The standard InChI is InChI=1S/C18H16N4O5S/c1-21(16-7-4-13(11-19-16)22(25)26)8-9-27-14-5-2-12(3-6-14)10-15-17(23)20-18(24)28-15/h2-7,10-11H,8-9H2,1H3,(H,20,23,24). The minimum absolute atomic E-state index is 0.0543. The van der Waals surface area contributed by atoms with Crippen LogP contribution in [0.15, 0.2) is 47.5 Å². The predicted molar refractivity (Wildman–Crippen MR) is 105 cm³/mol. The van der Waals surface area contributed by atoms with Crippen molar-refractivity contribution in [1.82, 2.24) is 10.3 Å². The second kappa shape index (κ2) is 8.53. The molecule has 0 aliphatic carbocycles. The fourth-order valence-electron chi connectivity index (χ4n) is 2.36. The number of hydrogen-bond acceptors (Lipinski definition) is 8. The lowest BCUT2D eigenvalue weighted by Gasteiger charge is -2.18. The molecule has 0 radical (unpaired) electrons. The molecule has 10 heteroatoms. The van der Waals surface area contributed by atoms with Crippen LogP contribution in [0.1, 0.15) is 5.56 Å². The lowest BCUT2D eigenvalue weighted by atomic mass is 10.2. The van der Waals surface area contributed by atoms with Crippen molar-refractivity contribution < 1.29 is 19.2 Å². The van der Waals surface area contributed by atoms with Crippen LogP contribution in [0.5, 0.6) is 5.75 Å². The van der Waals surface area contributed by atoms with Gasteiger partial charge in [-0.25, -0.2) is 4.98 Å². The molecule has 1 aliphatic heterocycles. The molecule has 2 aromatic rings. The second-order valence-electron chi connectivity index (χ2n) is 5.82. The molecule has 1 aliphatic rings. The van der Waals surface area contributed by atoms with Gasteiger partial charge in [0.05, 0.1) is 16.4 Å². The Hall–Kier alpha value is -3.40. The van der Waals surface area contributed by atoms with Crippen molar-refractivity contribution >= 4 is 40.5 Å². The van der Waals surface area contributed by atoms with Crippen molar-refractivity contribution in [3.05, 3.63) is 63.2 Å². The summed E-state index contributed by atoms with van der Waals surface area (Å²) < 4.78 is 5.69. The summed E-state index contributed by atoms with van der Waals surface area (Å²) in [7, 11) is 1.82. The molecular formula is C18H16N4O5S. The first-order valence-electron chi connectivity index (χ1n) is 8.21. The molecule has 0 saturated carbocycles. The molecular weight excluding hydrogens is 384 g/mol. The van der Waals surface area contributed by atoms with Crippen LogP contribution >= 0.6 is 11.8 Å². The normalized spacial score (nSPS) is 14.8. The van der Waals surface area contributed by atoms with E-state index in [1.54, 1.807) is 36.4 Å². The molecule has 0 spiro atoms. The van der Waals surface area contributed by atoms with Crippen molar-refractivity contribution in [3.63, 3.8) is 0 Å². The van der Waals surface area contributed by atoms with Crippen LogP contribution in [0.2, 0.25) is 0 Å². The van der Waals surface area contributed by atoms with E-state index in [2.05, 4.69) is 10.3 Å². The number of nitrogens with zero attached hydrogens (tertiary/aromatic N) is 3. The van der Waals surface area contributed by atoms with E-state index in [0.29, 0.717) is 29.6 Å². The number of nitrogens with one attached hydrogen (secondary N) is 1. The Bertz CT molecular complexity index is 928.